The molecule has 0 aliphatic carbocycles. The molecule has 0 fully saturated rings. The Morgan fingerprint density at radius 3 is 2.40 bits per heavy atom. The normalized spacial score (nSPS) is 12.2. The summed E-state index contributed by atoms with van der Waals surface area (Å²) in [6.45, 7) is 1.81. The molecule has 2 aromatic rings. The van der Waals surface area contributed by atoms with Crippen LogP contribution in [-0.4, -0.2) is 4.98 Å². The monoisotopic (exact) mass is 284 g/mol. The van der Waals surface area contributed by atoms with E-state index in [2.05, 4.69) is 10.3 Å². The first-order valence-corrected chi connectivity index (χ1v) is 6.04. The van der Waals surface area contributed by atoms with E-state index in [9.17, 15) is 17.6 Å². The van der Waals surface area contributed by atoms with Crippen molar-refractivity contribution >= 4 is 5.69 Å². The Morgan fingerprint density at radius 2 is 1.80 bits per heavy atom. The van der Waals surface area contributed by atoms with Gasteiger partial charge in [-0.05, 0) is 30.7 Å². The first-order valence-electron chi connectivity index (χ1n) is 6.04. The lowest BCUT2D eigenvalue weighted by Crippen LogP contribution is -2.13. The van der Waals surface area contributed by atoms with Crippen molar-refractivity contribution in [3.8, 4) is 0 Å². The van der Waals surface area contributed by atoms with Crippen LogP contribution in [0.4, 0.5) is 23.2 Å². The summed E-state index contributed by atoms with van der Waals surface area (Å²) < 4.78 is 52.4. The van der Waals surface area contributed by atoms with Gasteiger partial charge in [0.05, 0.1) is 23.6 Å². The number of hydrogen-bond acceptors (Lipinski definition) is 2. The van der Waals surface area contributed by atoms with Crippen LogP contribution >= 0.6 is 0 Å². The molecule has 0 aliphatic rings. The number of nitrogens with zero attached hydrogens (tertiary/aromatic N) is 1. The second-order valence-corrected chi connectivity index (χ2v) is 4.23. The third kappa shape index (κ3) is 2.89. The van der Waals surface area contributed by atoms with Crippen molar-refractivity contribution in [1.29, 1.82) is 0 Å². The highest BCUT2D eigenvalue weighted by Gasteiger charge is 2.17. The molecule has 6 heteroatoms. The molecule has 0 amide bonds. The molecule has 1 atom stereocenters. The van der Waals surface area contributed by atoms with Crippen LogP contribution in [0.15, 0.2) is 30.5 Å². The highest BCUT2D eigenvalue weighted by molar-refractivity contribution is 5.47. The van der Waals surface area contributed by atoms with Gasteiger partial charge in [-0.25, -0.2) is 17.6 Å². The Morgan fingerprint density at radius 1 is 1.05 bits per heavy atom. The van der Waals surface area contributed by atoms with E-state index in [4.69, 9.17) is 0 Å². The minimum atomic E-state index is -1.53. The van der Waals surface area contributed by atoms with Crippen molar-refractivity contribution < 1.29 is 17.6 Å². The highest BCUT2D eigenvalue weighted by atomic mass is 19.2. The van der Waals surface area contributed by atoms with Crippen molar-refractivity contribution in [2.24, 2.45) is 0 Å². The van der Waals surface area contributed by atoms with E-state index in [0.29, 0.717) is 12.1 Å². The molecule has 0 radical (unpaired) electrons. The molecule has 1 aromatic carbocycles. The fraction of sp³-hybridized carbons (Fsp3) is 0.214. The zero-order valence-electron chi connectivity index (χ0n) is 10.6. The van der Waals surface area contributed by atoms with E-state index in [0.717, 1.165) is 18.3 Å². The van der Waals surface area contributed by atoms with E-state index in [1.807, 2.05) is 0 Å². The first-order chi connectivity index (χ1) is 9.52. The number of benzene rings is 1. The van der Waals surface area contributed by atoms with Crippen molar-refractivity contribution in [2.45, 2.75) is 19.4 Å². The van der Waals surface area contributed by atoms with Gasteiger partial charge in [-0.1, -0.05) is 6.92 Å². The molecule has 2 rings (SSSR count). The van der Waals surface area contributed by atoms with Gasteiger partial charge in [0.2, 0.25) is 0 Å². The fourth-order valence-electron chi connectivity index (χ4n) is 1.80. The molecule has 2 nitrogen and oxygen atoms in total. The zero-order valence-corrected chi connectivity index (χ0v) is 10.6. The van der Waals surface area contributed by atoms with E-state index in [1.165, 1.54) is 12.1 Å². The fourth-order valence-corrected chi connectivity index (χ4v) is 1.80. The molecule has 0 saturated heterocycles. The molecule has 1 unspecified atom stereocenters. The highest BCUT2D eigenvalue weighted by Crippen LogP contribution is 2.25. The maximum Gasteiger partial charge on any atom is 0.196 e. The van der Waals surface area contributed by atoms with E-state index in [-0.39, 0.29) is 5.69 Å². The van der Waals surface area contributed by atoms with Crippen molar-refractivity contribution in [3.05, 3.63) is 59.4 Å². The number of pyridine rings is 1. The van der Waals surface area contributed by atoms with E-state index in [1.54, 1.807) is 6.92 Å². The molecule has 0 aliphatic heterocycles. The molecule has 0 spiro atoms. The van der Waals surface area contributed by atoms with Crippen LogP contribution in [0.5, 0.6) is 0 Å². The number of anilines is 1. The third-order valence-electron chi connectivity index (χ3n) is 2.88. The van der Waals surface area contributed by atoms with Gasteiger partial charge >= 0.3 is 0 Å². The van der Waals surface area contributed by atoms with Gasteiger partial charge < -0.3 is 5.32 Å². The smallest absolute Gasteiger partial charge is 0.196 e. The molecule has 1 N–H and O–H groups in total. The van der Waals surface area contributed by atoms with Crippen LogP contribution in [0.3, 0.4) is 0 Å². The molecule has 1 aromatic heterocycles. The summed E-state index contributed by atoms with van der Waals surface area (Å²) in [6.07, 6.45) is 1.55. The first kappa shape index (κ1) is 14.3. The maximum atomic E-state index is 13.6. The van der Waals surface area contributed by atoms with Crippen LogP contribution in [0, 0.1) is 23.3 Å². The second-order valence-electron chi connectivity index (χ2n) is 4.23. The molecular formula is C14H12F4N2. The van der Waals surface area contributed by atoms with E-state index >= 15 is 0 Å². The summed E-state index contributed by atoms with van der Waals surface area (Å²) in [5, 5.41) is 2.73. The lowest BCUT2D eigenvalue weighted by molar-refractivity contribution is 0.448. The van der Waals surface area contributed by atoms with Crippen LogP contribution in [-0.2, 0) is 0 Å². The van der Waals surface area contributed by atoms with Crippen LogP contribution in [0.25, 0.3) is 0 Å². The predicted octanol–water partition coefficient (Wildman–Crippen LogP) is 4.20. The molecule has 20 heavy (non-hydrogen) atoms. The lowest BCUT2D eigenvalue weighted by Gasteiger charge is -2.18. The largest absolute Gasteiger partial charge is 0.374 e. The predicted molar refractivity (Wildman–Crippen MR) is 67.2 cm³/mol. The Kier molecular flexibility index (Phi) is 4.22. The SMILES string of the molecule is CCC(Nc1ccc(F)c(F)c1F)c1ccc(F)cn1. The lowest BCUT2D eigenvalue weighted by atomic mass is 10.1. The Balaban J connectivity index is 2.27. The molecule has 1 heterocycles. The molecule has 0 bridgehead atoms. The van der Waals surface area contributed by atoms with Crippen LogP contribution < -0.4 is 5.32 Å². The van der Waals surface area contributed by atoms with Gasteiger partial charge in [0.1, 0.15) is 5.82 Å². The Bertz CT molecular complexity index is 599. The summed E-state index contributed by atoms with van der Waals surface area (Å²) in [5.74, 6) is -4.55. The van der Waals surface area contributed by atoms with Gasteiger partial charge in [-0.3, -0.25) is 4.98 Å². The van der Waals surface area contributed by atoms with Gasteiger partial charge in [0.15, 0.2) is 17.5 Å². The van der Waals surface area contributed by atoms with Gasteiger partial charge in [0, 0.05) is 0 Å². The summed E-state index contributed by atoms with van der Waals surface area (Å²) >= 11 is 0. The van der Waals surface area contributed by atoms with Crippen molar-refractivity contribution in [1.82, 2.24) is 4.98 Å². The van der Waals surface area contributed by atoms with Crippen LogP contribution in [0.2, 0.25) is 0 Å². The van der Waals surface area contributed by atoms with E-state index < -0.39 is 29.3 Å². The molecule has 106 valence electrons. The zero-order chi connectivity index (χ0) is 14.7. The van der Waals surface area contributed by atoms with Gasteiger partial charge in [-0.2, -0.15) is 0 Å². The maximum absolute atomic E-state index is 13.6. The molecule has 0 saturated carbocycles. The summed E-state index contributed by atoms with van der Waals surface area (Å²) in [6, 6.07) is 4.20. The number of halogens is 4. The standard InChI is InChI=1S/C14H12F4N2/c1-2-10(11-5-3-8(15)7-19-11)20-12-6-4-9(16)13(17)14(12)18/h3-7,10,20H,2H2,1H3. The van der Waals surface area contributed by atoms with Gasteiger partial charge in [-0.15, -0.1) is 0 Å². The number of aromatic nitrogens is 1. The number of nitrogens with one attached hydrogen (secondary N) is 1. The number of hydrogen-bond donors (Lipinski definition) is 1. The number of rotatable bonds is 4. The van der Waals surface area contributed by atoms with Crippen LogP contribution in [0.1, 0.15) is 25.1 Å². The second kappa shape index (κ2) is 5.90. The summed E-state index contributed by atoms with van der Waals surface area (Å²) in [4.78, 5) is 3.89. The minimum absolute atomic E-state index is 0.165. The Hall–Kier alpha value is -2.11. The Labute approximate surface area is 113 Å². The third-order valence-corrected chi connectivity index (χ3v) is 2.88. The average molecular weight is 284 g/mol. The topological polar surface area (TPSA) is 24.9 Å². The molecular weight excluding hydrogens is 272 g/mol. The van der Waals surface area contributed by atoms with Crippen molar-refractivity contribution in [2.75, 3.05) is 5.32 Å². The minimum Gasteiger partial charge on any atom is -0.374 e. The summed E-state index contributed by atoms with van der Waals surface area (Å²) in [7, 11) is 0. The van der Waals surface area contributed by atoms with Gasteiger partial charge in [0.25, 0.3) is 0 Å². The quantitative estimate of drug-likeness (QED) is 0.672. The average Bonchev–Trinajstić information content (AvgIpc) is 2.45. The summed E-state index contributed by atoms with van der Waals surface area (Å²) in [5.41, 5.74) is 0.319. The van der Waals surface area contributed by atoms with Crippen molar-refractivity contribution in [3.63, 3.8) is 0 Å².